The molecule has 0 aromatic carbocycles. The standard InChI is InChI=1S/C37H69N5O8S2/c1-12-27(2)52-25-30(45)39-19-21-42(20-18-38-29(44)24-51-11)31(46)14-13-28(43)41-36(7,8)16-22-50-37(9,10)15-17-40-33(49)35(5,6)26-34(3,4)23-32(47)48/h27H,12-26H2,1-11H3,(H,38,44)(H,39,45)(H,40,49)(H,41,43)(H,47,48). The zero-order chi connectivity index (χ0) is 40.2. The van der Waals surface area contributed by atoms with Gasteiger partial charge in [-0.3, -0.25) is 28.8 Å². The Balaban J connectivity index is 4.87. The molecule has 0 aliphatic heterocycles. The first kappa shape index (κ1) is 49.5. The van der Waals surface area contributed by atoms with Gasteiger partial charge >= 0.3 is 5.97 Å². The molecule has 0 saturated carbocycles. The van der Waals surface area contributed by atoms with Crippen LogP contribution in [-0.4, -0.2) is 119 Å². The fraction of sp³-hybridized carbons (Fsp3) is 0.838. The van der Waals surface area contributed by atoms with Crippen molar-refractivity contribution >= 4 is 59.0 Å². The lowest BCUT2D eigenvalue weighted by atomic mass is 9.73. The molecule has 0 aliphatic rings. The van der Waals surface area contributed by atoms with E-state index in [9.17, 15) is 33.9 Å². The molecule has 302 valence electrons. The number of thioether (sulfide) groups is 2. The Kier molecular flexibility index (Phi) is 22.8. The van der Waals surface area contributed by atoms with E-state index in [1.54, 1.807) is 16.7 Å². The third-order valence-corrected chi connectivity index (χ3v) is 10.4. The van der Waals surface area contributed by atoms with Crippen LogP contribution in [0, 0.1) is 10.8 Å². The van der Waals surface area contributed by atoms with Gasteiger partial charge in [-0.15, -0.1) is 11.8 Å². The average Bonchev–Trinajstić information content (AvgIpc) is 2.99. The first-order valence-electron chi connectivity index (χ1n) is 18.3. The third kappa shape index (κ3) is 23.9. The van der Waals surface area contributed by atoms with Crippen molar-refractivity contribution in [3.8, 4) is 0 Å². The Labute approximate surface area is 321 Å². The Morgan fingerprint density at radius 1 is 0.788 bits per heavy atom. The number of rotatable bonds is 28. The van der Waals surface area contributed by atoms with Crippen LogP contribution >= 0.6 is 23.5 Å². The van der Waals surface area contributed by atoms with Gasteiger partial charge in [0.1, 0.15) is 0 Å². The second kappa shape index (κ2) is 24.0. The number of hydrogen-bond acceptors (Lipinski definition) is 9. The lowest BCUT2D eigenvalue weighted by molar-refractivity contribution is -0.141. The van der Waals surface area contributed by atoms with Crippen molar-refractivity contribution in [1.82, 2.24) is 26.2 Å². The Morgan fingerprint density at radius 3 is 1.90 bits per heavy atom. The molecule has 0 aliphatic carbocycles. The van der Waals surface area contributed by atoms with Crippen LogP contribution in [0.3, 0.4) is 0 Å². The van der Waals surface area contributed by atoms with Crippen LogP contribution in [0.25, 0.3) is 0 Å². The van der Waals surface area contributed by atoms with Gasteiger partial charge in [0.15, 0.2) is 0 Å². The number of amides is 5. The highest BCUT2D eigenvalue weighted by atomic mass is 32.2. The number of carbonyl (C=O) groups is 6. The van der Waals surface area contributed by atoms with Crippen molar-refractivity contribution in [1.29, 1.82) is 0 Å². The summed E-state index contributed by atoms with van der Waals surface area (Å²) in [7, 11) is 0. The molecule has 1 atom stereocenters. The lowest BCUT2D eigenvalue weighted by Gasteiger charge is -2.34. The molecular formula is C37H69N5O8S2. The van der Waals surface area contributed by atoms with Crippen LogP contribution < -0.4 is 21.3 Å². The molecule has 52 heavy (non-hydrogen) atoms. The maximum Gasteiger partial charge on any atom is 0.303 e. The number of carboxylic acids is 1. The van der Waals surface area contributed by atoms with Crippen LogP contribution in [-0.2, 0) is 33.5 Å². The molecule has 0 radical (unpaired) electrons. The van der Waals surface area contributed by atoms with Crippen LogP contribution in [0.1, 0.15) is 114 Å². The summed E-state index contributed by atoms with van der Waals surface area (Å²) < 4.78 is 6.13. The fourth-order valence-electron chi connectivity index (χ4n) is 5.59. The quantitative estimate of drug-likeness (QED) is 0.0772. The van der Waals surface area contributed by atoms with Crippen molar-refractivity contribution in [2.24, 2.45) is 10.8 Å². The minimum absolute atomic E-state index is 0.00854. The second-order valence-corrected chi connectivity index (χ2v) is 18.4. The third-order valence-electron chi connectivity index (χ3n) is 8.55. The number of nitrogens with zero attached hydrogens (tertiary/aromatic N) is 1. The molecule has 0 fully saturated rings. The molecule has 0 saturated heterocycles. The highest BCUT2D eigenvalue weighted by Crippen LogP contribution is 2.36. The van der Waals surface area contributed by atoms with E-state index >= 15 is 0 Å². The van der Waals surface area contributed by atoms with Crippen molar-refractivity contribution in [2.45, 2.75) is 131 Å². The van der Waals surface area contributed by atoms with Gasteiger partial charge in [0.05, 0.1) is 23.5 Å². The van der Waals surface area contributed by atoms with Crippen LogP contribution in [0.2, 0.25) is 0 Å². The van der Waals surface area contributed by atoms with Gasteiger partial charge < -0.3 is 36.0 Å². The van der Waals surface area contributed by atoms with E-state index in [1.807, 2.05) is 61.6 Å². The summed E-state index contributed by atoms with van der Waals surface area (Å²) in [5.41, 5.74) is -2.40. The predicted molar refractivity (Wildman–Crippen MR) is 211 cm³/mol. The van der Waals surface area contributed by atoms with Crippen molar-refractivity contribution in [3.05, 3.63) is 0 Å². The van der Waals surface area contributed by atoms with E-state index in [-0.39, 0.29) is 75.0 Å². The van der Waals surface area contributed by atoms with Gasteiger partial charge in [0.25, 0.3) is 0 Å². The Bertz CT molecular complexity index is 1160. The number of nitrogens with one attached hydrogen (secondary N) is 4. The molecule has 5 N–H and O–H groups in total. The van der Waals surface area contributed by atoms with Gasteiger partial charge in [-0.1, -0.05) is 41.5 Å². The largest absolute Gasteiger partial charge is 0.481 e. The topological polar surface area (TPSA) is 183 Å². The molecule has 15 heteroatoms. The van der Waals surface area contributed by atoms with Gasteiger partial charge in [0.2, 0.25) is 29.5 Å². The van der Waals surface area contributed by atoms with Gasteiger partial charge in [-0.05, 0) is 65.0 Å². The van der Waals surface area contributed by atoms with Crippen molar-refractivity contribution in [2.75, 3.05) is 57.1 Å². The molecule has 0 spiro atoms. The number of ether oxygens (including phenoxy) is 1. The average molecular weight is 776 g/mol. The van der Waals surface area contributed by atoms with Crippen molar-refractivity contribution in [3.63, 3.8) is 0 Å². The monoisotopic (exact) mass is 775 g/mol. The Morgan fingerprint density at radius 2 is 1.37 bits per heavy atom. The summed E-state index contributed by atoms with van der Waals surface area (Å²) in [6.45, 7) is 21.0. The summed E-state index contributed by atoms with van der Waals surface area (Å²) in [6.07, 6.45) is 4.28. The number of carboxylic acid groups (broad SMARTS) is 1. The maximum atomic E-state index is 13.2. The molecule has 0 heterocycles. The van der Waals surface area contributed by atoms with Gasteiger partial charge in [0, 0.05) is 68.4 Å². The zero-order valence-electron chi connectivity index (χ0n) is 33.8. The summed E-state index contributed by atoms with van der Waals surface area (Å²) in [4.78, 5) is 75.9. The molecule has 0 aromatic heterocycles. The number of carbonyl (C=O) groups excluding carboxylic acids is 5. The van der Waals surface area contributed by atoms with Gasteiger partial charge in [-0.2, -0.15) is 11.8 Å². The molecule has 0 rings (SSSR count). The molecule has 5 amide bonds. The SMILES string of the molecule is CCC(C)SCC(=O)NCCN(CCNC(=O)CSC)C(=O)CCC(=O)NC(C)(C)CCOC(C)(C)CCNC(=O)C(C)(C)CC(C)(C)CC(=O)O. The maximum absolute atomic E-state index is 13.2. The van der Waals surface area contributed by atoms with Crippen LogP contribution in [0.4, 0.5) is 0 Å². The van der Waals surface area contributed by atoms with E-state index in [0.717, 1.165) is 6.42 Å². The summed E-state index contributed by atoms with van der Waals surface area (Å²) in [5.74, 6) is -1.07. The van der Waals surface area contributed by atoms with E-state index in [1.165, 1.54) is 11.8 Å². The predicted octanol–water partition coefficient (Wildman–Crippen LogP) is 4.23. The zero-order valence-corrected chi connectivity index (χ0v) is 35.4. The molecule has 0 aromatic rings. The van der Waals surface area contributed by atoms with Gasteiger partial charge in [-0.25, -0.2) is 0 Å². The number of aliphatic carboxylic acids is 1. The second-order valence-electron chi connectivity index (χ2n) is 16.1. The number of hydrogen-bond donors (Lipinski definition) is 5. The van der Waals surface area contributed by atoms with Crippen LogP contribution in [0.5, 0.6) is 0 Å². The summed E-state index contributed by atoms with van der Waals surface area (Å²) in [6, 6.07) is 0. The highest BCUT2D eigenvalue weighted by molar-refractivity contribution is 8.00. The molecule has 1 unspecified atom stereocenters. The summed E-state index contributed by atoms with van der Waals surface area (Å²) in [5, 5.41) is 21.2. The lowest BCUT2D eigenvalue weighted by Crippen LogP contribution is -2.46. The minimum Gasteiger partial charge on any atom is -0.481 e. The molecular weight excluding hydrogens is 707 g/mol. The van der Waals surface area contributed by atoms with E-state index < -0.39 is 27.9 Å². The first-order chi connectivity index (χ1) is 23.9. The highest BCUT2D eigenvalue weighted by Gasteiger charge is 2.36. The molecule has 0 bridgehead atoms. The fourth-order valence-corrected chi connectivity index (χ4v) is 6.73. The van der Waals surface area contributed by atoms with E-state index in [4.69, 9.17) is 4.74 Å². The normalized spacial score (nSPS) is 12.8. The summed E-state index contributed by atoms with van der Waals surface area (Å²) >= 11 is 2.99. The van der Waals surface area contributed by atoms with Crippen LogP contribution in [0.15, 0.2) is 0 Å². The van der Waals surface area contributed by atoms with Crippen molar-refractivity contribution < 1.29 is 38.6 Å². The van der Waals surface area contributed by atoms with E-state index in [0.29, 0.717) is 49.2 Å². The van der Waals surface area contributed by atoms with E-state index in [2.05, 4.69) is 35.1 Å². The Hall–Kier alpha value is -2.52. The minimum atomic E-state index is -0.886. The molecule has 13 nitrogen and oxygen atoms in total. The smallest absolute Gasteiger partial charge is 0.303 e. The first-order valence-corrected chi connectivity index (χ1v) is 20.8.